The summed E-state index contributed by atoms with van der Waals surface area (Å²) >= 11 is 0. The van der Waals surface area contributed by atoms with Gasteiger partial charge in [-0.15, -0.1) is 0 Å². The van der Waals surface area contributed by atoms with Gasteiger partial charge >= 0.3 is 12.1 Å². The van der Waals surface area contributed by atoms with Gasteiger partial charge < -0.3 is 9.47 Å². The minimum Gasteiger partial charge on any atom is -0.459 e. The zero-order valence-electron chi connectivity index (χ0n) is 17.5. The average molecular weight is 409 g/mol. The number of ether oxygens (including phenoxy) is 2. The van der Waals surface area contributed by atoms with Gasteiger partial charge in [-0.05, 0) is 44.7 Å². The van der Waals surface area contributed by atoms with E-state index < -0.39 is 35.5 Å². The molecule has 0 N–H and O–H groups in total. The Morgan fingerprint density at radius 1 is 0.967 bits per heavy atom. The molecule has 3 rings (SSSR count). The first kappa shape index (κ1) is 21.6. The Kier molecular flexibility index (Phi) is 6.55. The highest BCUT2D eigenvalue weighted by molar-refractivity contribution is 6.00. The Hall–Kier alpha value is -3.15. The van der Waals surface area contributed by atoms with Crippen LogP contribution in [0, 0.1) is 5.92 Å². The lowest BCUT2D eigenvalue weighted by Crippen LogP contribution is -2.46. The lowest BCUT2D eigenvalue weighted by molar-refractivity contribution is -0.152. The minimum atomic E-state index is -0.996. The van der Waals surface area contributed by atoms with Crippen LogP contribution in [0.1, 0.15) is 38.3 Å². The molecule has 6 nitrogen and oxygen atoms in total. The van der Waals surface area contributed by atoms with Crippen LogP contribution < -0.4 is 0 Å². The van der Waals surface area contributed by atoms with Crippen LogP contribution in [-0.2, 0) is 32.1 Å². The number of nitrogens with zero attached hydrogens (tertiary/aromatic N) is 1. The van der Waals surface area contributed by atoms with Crippen molar-refractivity contribution in [3.8, 4) is 0 Å². The number of rotatable bonds is 5. The van der Waals surface area contributed by atoms with Crippen LogP contribution in [0.4, 0.5) is 4.79 Å². The molecule has 2 atom stereocenters. The lowest BCUT2D eigenvalue weighted by atomic mass is 9.96. The molecule has 1 aliphatic heterocycles. The van der Waals surface area contributed by atoms with E-state index in [1.807, 2.05) is 60.7 Å². The average Bonchev–Trinajstić information content (AvgIpc) is 3.03. The number of carbonyl (C=O) groups is 3. The first-order chi connectivity index (χ1) is 14.2. The number of esters is 1. The smallest absolute Gasteiger partial charge is 0.417 e. The Morgan fingerprint density at radius 3 is 2.10 bits per heavy atom. The van der Waals surface area contributed by atoms with Crippen LogP contribution in [-0.4, -0.2) is 34.5 Å². The summed E-state index contributed by atoms with van der Waals surface area (Å²) in [6.07, 6.45) is -0.160. The highest BCUT2D eigenvalue weighted by atomic mass is 16.6. The van der Waals surface area contributed by atoms with Crippen LogP contribution in [0.5, 0.6) is 0 Å². The van der Waals surface area contributed by atoms with Crippen molar-refractivity contribution in [1.82, 2.24) is 4.90 Å². The summed E-state index contributed by atoms with van der Waals surface area (Å²) < 4.78 is 10.8. The zero-order chi connectivity index (χ0) is 21.7. The molecular formula is C24H27NO5. The molecule has 1 saturated heterocycles. The normalized spacial score (nSPS) is 18.9. The monoisotopic (exact) mass is 409 g/mol. The Bertz CT molecular complexity index is 889. The Labute approximate surface area is 176 Å². The van der Waals surface area contributed by atoms with Crippen molar-refractivity contribution in [2.45, 2.75) is 51.9 Å². The minimum absolute atomic E-state index is 0.0792. The molecule has 2 unspecified atom stereocenters. The van der Waals surface area contributed by atoms with Gasteiger partial charge in [0.15, 0.2) is 0 Å². The van der Waals surface area contributed by atoms with Crippen LogP contribution >= 0.6 is 0 Å². The fraction of sp³-hybridized carbons (Fsp3) is 0.375. The largest absolute Gasteiger partial charge is 0.459 e. The third-order valence-electron chi connectivity index (χ3n) is 4.82. The maximum Gasteiger partial charge on any atom is 0.417 e. The van der Waals surface area contributed by atoms with Crippen LogP contribution in [0.2, 0.25) is 0 Å². The van der Waals surface area contributed by atoms with Gasteiger partial charge in [-0.1, -0.05) is 60.7 Å². The topological polar surface area (TPSA) is 72.9 Å². The van der Waals surface area contributed by atoms with Crippen molar-refractivity contribution in [3.63, 3.8) is 0 Å². The summed E-state index contributed by atoms with van der Waals surface area (Å²) in [6.45, 7) is 5.23. The van der Waals surface area contributed by atoms with E-state index in [-0.39, 0.29) is 13.0 Å². The van der Waals surface area contributed by atoms with Crippen molar-refractivity contribution in [3.05, 3.63) is 71.8 Å². The third-order valence-corrected chi connectivity index (χ3v) is 4.82. The molecule has 2 aromatic carbocycles. The number of benzene rings is 2. The number of hydrogen-bond donors (Lipinski definition) is 0. The molecule has 0 saturated carbocycles. The Balaban J connectivity index is 1.76. The second kappa shape index (κ2) is 9.11. The first-order valence-electron chi connectivity index (χ1n) is 10.0. The summed E-state index contributed by atoms with van der Waals surface area (Å²) in [5.41, 5.74) is 1.02. The summed E-state index contributed by atoms with van der Waals surface area (Å²) in [4.78, 5) is 39.5. The van der Waals surface area contributed by atoms with Crippen molar-refractivity contribution >= 4 is 18.0 Å². The zero-order valence-corrected chi connectivity index (χ0v) is 17.5. The number of carbonyl (C=O) groups excluding carboxylic acids is 3. The molecule has 1 fully saturated rings. The van der Waals surface area contributed by atoms with Gasteiger partial charge in [0.25, 0.3) is 0 Å². The third kappa shape index (κ3) is 5.47. The number of amides is 2. The van der Waals surface area contributed by atoms with E-state index in [0.29, 0.717) is 6.42 Å². The van der Waals surface area contributed by atoms with Crippen molar-refractivity contribution in [1.29, 1.82) is 0 Å². The van der Waals surface area contributed by atoms with Gasteiger partial charge in [-0.25, -0.2) is 14.5 Å². The lowest BCUT2D eigenvalue weighted by Gasteiger charge is -2.26. The SMILES string of the molecule is CC(C)(C)OC(=O)N1C(=O)C(Cc2ccccc2)CC1C(=O)OCc1ccccc1. The molecule has 0 radical (unpaired) electrons. The van der Waals surface area contributed by atoms with Gasteiger partial charge in [0.05, 0.1) is 0 Å². The van der Waals surface area contributed by atoms with E-state index in [1.54, 1.807) is 20.8 Å². The number of imide groups is 1. The van der Waals surface area contributed by atoms with E-state index in [1.165, 1.54) is 0 Å². The molecule has 1 heterocycles. The number of likely N-dealkylation sites (tertiary alicyclic amines) is 1. The molecule has 2 amide bonds. The van der Waals surface area contributed by atoms with Gasteiger partial charge in [-0.2, -0.15) is 0 Å². The molecule has 0 spiro atoms. The van der Waals surface area contributed by atoms with Gasteiger partial charge in [-0.3, -0.25) is 4.79 Å². The molecule has 0 aliphatic carbocycles. The summed E-state index contributed by atoms with van der Waals surface area (Å²) in [7, 11) is 0. The molecule has 0 bridgehead atoms. The van der Waals surface area contributed by atoms with Crippen LogP contribution in [0.3, 0.4) is 0 Å². The maximum atomic E-state index is 13.0. The molecular weight excluding hydrogens is 382 g/mol. The van der Waals surface area contributed by atoms with E-state index in [9.17, 15) is 14.4 Å². The second-order valence-corrected chi connectivity index (χ2v) is 8.42. The molecule has 0 aromatic heterocycles. The van der Waals surface area contributed by atoms with Crippen LogP contribution in [0.25, 0.3) is 0 Å². The quantitative estimate of drug-likeness (QED) is 0.695. The van der Waals surface area contributed by atoms with E-state index in [0.717, 1.165) is 16.0 Å². The summed E-state index contributed by atoms with van der Waals surface area (Å²) in [5.74, 6) is -1.50. The maximum absolute atomic E-state index is 13.0. The van der Waals surface area contributed by atoms with Crippen LogP contribution in [0.15, 0.2) is 60.7 Å². The fourth-order valence-electron chi connectivity index (χ4n) is 3.45. The number of hydrogen-bond acceptors (Lipinski definition) is 5. The molecule has 2 aromatic rings. The first-order valence-corrected chi connectivity index (χ1v) is 10.0. The van der Waals surface area contributed by atoms with Crippen molar-refractivity contribution in [2.75, 3.05) is 0 Å². The molecule has 30 heavy (non-hydrogen) atoms. The van der Waals surface area contributed by atoms with Crippen molar-refractivity contribution < 1.29 is 23.9 Å². The standard InChI is InChI=1S/C24H27NO5/c1-24(2,3)30-23(28)25-20(22(27)29-16-18-12-8-5-9-13-18)15-19(21(25)26)14-17-10-6-4-7-11-17/h4-13,19-20H,14-16H2,1-3H3. The Morgan fingerprint density at radius 2 is 1.53 bits per heavy atom. The highest BCUT2D eigenvalue weighted by Gasteiger charge is 2.48. The molecule has 6 heteroatoms. The van der Waals surface area contributed by atoms with E-state index in [4.69, 9.17) is 9.47 Å². The van der Waals surface area contributed by atoms with Gasteiger partial charge in [0.2, 0.25) is 5.91 Å². The van der Waals surface area contributed by atoms with Crippen molar-refractivity contribution in [2.24, 2.45) is 5.92 Å². The fourth-order valence-corrected chi connectivity index (χ4v) is 3.45. The van der Waals surface area contributed by atoms with E-state index in [2.05, 4.69) is 0 Å². The highest BCUT2D eigenvalue weighted by Crippen LogP contribution is 2.30. The summed E-state index contributed by atoms with van der Waals surface area (Å²) in [5, 5.41) is 0. The molecule has 1 aliphatic rings. The second-order valence-electron chi connectivity index (χ2n) is 8.42. The predicted octanol–water partition coefficient (Wildman–Crippen LogP) is 4.12. The van der Waals surface area contributed by atoms with Gasteiger partial charge in [0.1, 0.15) is 18.2 Å². The molecule has 158 valence electrons. The van der Waals surface area contributed by atoms with E-state index >= 15 is 0 Å². The summed E-state index contributed by atoms with van der Waals surface area (Å²) in [6, 6.07) is 17.8. The van der Waals surface area contributed by atoms with Gasteiger partial charge in [0, 0.05) is 5.92 Å². The predicted molar refractivity (Wildman–Crippen MR) is 111 cm³/mol.